The van der Waals surface area contributed by atoms with Crippen LogP contribution < -0.4 is 5.32 Å². The van der Waals surface area contributed by atoms with E-state index in [1.54, 1.807) is 24.3 Å². The lowest BCUT2D eigenvalue weighted by atomic mass is 10.3. The summed E-state index contributed by atoms with van der Waals surface area (Å²) in [6.07, 6.45) is 3.98. The Morgan fingerprint density at radius 3 is 3.12 bits per heavy atom. The van der Waals surface area contributed by atoms with Gasteiger partial charge in [0.2, 0.25) is 5.76 Å². The normalized spacial score (nSPS) is 10.1. The van der Waals surface area contributed by atoms with Crippen LogP contribution in [0.2, 0.25) is 0 Å². The molecule has 2 aromatic rings. The molecule has 0 radical (unpaired) electrons. The molecule has 0 saturated carbocycles. The van der Waals surface area contributed by atoms with Gasteiger partial charge in [0.25, 0.3) is 5.91 Å². The molecule has 0 unspecified atom stereocenters. The molecule has 5 heteroatoms. The van der Waals surface area contributed by atoms with E-state index < -0.39 is 0 Å². The Balaban J connectivity index is 2.03. The van der Waals surface area contributed by atoms with Crippen molar-refractivity contribution in [2.24, 2.45) is 0 Å². The maximum Gasteiger partial charge on any atom is 0.273 e. The predicted octanol–water partition coefficient (Wildman–Crippen LogP) is 2.24. The quantitative estimate of drug-likeness (QED) is 0.634. The van der Waals surface area contributed by atoms with E-state index in [-0.39, 0.29) is 11.6 Å². The van der Waals surface area contributed by atoms with E-state index in [1.807, 2.05) is 0 Å². The van der Waals surface area contributed by atoms with E-state index in [9.17, 15) is 4.79 Å². The van der Waals surface area contributed by atoms with Crippen LogP contribution in [0, 0.1) is 0 Å². The third-order valence-electron chi connectivity index (χ3n) is 2.14. The summed E-state index contributed by atoms with van der Waals surface area (Å²) in [6.45, 7) is 4.10. The monoisotopic (exact) mass is 232 g/mol. The molecule has 0 fully saturated rings. The highest BCUT2D eigenvalue weighted by molar-refractivity contribution is 5.92. The van der Waals surface area contributed by atoms with Gasteiger partial charge in [0.15, 0.2) is 11.5 Å². The highest BCUT2D eigenvalue weighted by Crippen LogP contribution is 2.20. The molecule has 0 spiro atoms. The summed E-state index contributed by atoms with van der Waals surface area (Å²) in [5.41, 5.74) is 0.237. The van der Waals surface area contributed by atoms with Gasteiger partial charge < -0.3 is 14.3 Å². The van der Waals surface area contributed by atoms with Gasteiger partial charge in [0.1, 0.15) is 0 Å². The van der Waals surface area contributed by atoms with Crippen molar-refractivity contribution in [2.45, 2.75) is 6.42 Å². The smallest absolute Gasteiger partial charge is 0.273 e. The molecule has 2 rings (SSSR count). The Bertz CT molecular complexity index is 500. The third kappa shape index (κ3) is 2.63. The fourth-order valence-electron chi connectivity index (χ4n) is 1.30. The van der Waals surface area contributed by atoms with Crippen LogP contribution in [0.25, 0.3) is 11.5 Å². The maximum atomic E-state index is 11.6. The summed E-state index contributed by atoms with van der Waals surface area (Å²) in [5.74, 6) is 0.708. The minimum absolute atomic E-state index is 0.237. The minimum Gasteiger partial charge on any atom is -0.461 e. The summed E-state index contributed by atoms with van der Waals surface area (Å²) in [5, 5.41) is 6.37. The second kappa shape index (κ2) is 5.16. The molecule has 88 valence electrons. The lowest BCUT2D eigenvalue weighted by Crippen LogP contribution is -2.24. The minimum atomic E-state index is -0.270. The standard InChI is InChI=1S/C12H12N2O3/c1-2-3-6-13-12(15)9-8-11(17-14-9)10-5-4-7-16-10/h2,4-5,7-8H,1,3,6H2,(H,13,15). The fraction of sp³-hybridized carbons (Fsp3) is 0.167. The summed E-state index contributed by atoms with van der Waals surface area (Å²) in [6, 6.07) is 5.02. The van der Waals surface area contributed by atoms with Gasteiger partial charge in [-0.3, -0.25) is 4.79 Å². The topological polar surface area (TPSA) is 68.3 Å². The molecule has 5 nitrogen and oxygen atoms in total. The van der Waals surface area contributed by atoms with Gasteiger partial charge in [0, 0.05) is 12.6 Å². The molecular formula is C12H12N2O3. The van der Waals surface area contributed by atoms with Gasteiger partial charge >= 0.3 is 0 Å². The number of nitrogens with one attached hydrogen (secondary N) is 1. The Morgan fingerprint density at radius 2 is 2.41 bits per heavy atom. The zero-order valence-corrected chi connectivity index (χ0v) is 9.18. The Morgan fingerprint density at radius 1 is 1.53 bits per heavy atom. The number of carbonyl (C=O) groups is 1. The molecule has 2 heterocycles. The average Bonchev–Trinajstić information content (AvgIpc) is 3.00. The summed E-state index contributed by atoms with van der Waals surface area (Å²) >= 11 is 0. The van der Waals surface area contributed by atoms with E-state index in [0.29, 0.717) is 24.5 Å². The van der Waals surface area contributed by atoms with E-state index >= 15 is 0 Å². The number of furan rings is 1. The van der Waals surface area contributed by atoms with Crippen molar-refractivity contribution >= 4 is 5.91 Å². The van der Waals surface area contributed by atoms with E-state index in [0.717, 1.165) is 0 Å². The van der Waals surface area contributed by atoms with Gasteiger partial charge in [-0.05, 0) is 18.6 Å². The number of amides is 1. The first kappa shape index (κ1) is 11.2. The molecule has 0 aliphatic rings. The van der Waals surface area contributed by atoms with Crippen LogP contribution in [0.1, 0.15) is 16.9 Å². The first-order valence-corrected chi connectivity index (χ1v) is 5.21. The van der Waals surface area contributed by atoms with Crippen molar-refractivity contribution in [3.63, 3.8) is 0 Å². The SMILES string of the molecule is C=CCCNC(=O)c1cc(-c2ccco2)on1. The van der Waals surface area contributed by atoms with Gasteiger partial charge in [-0.2, -0.15) is 0 Å². The highest BCUT2D eigenvalue weighted by Gasteiger charge is 2.14. The Kier molecular flexibility index (Phi) is 3.40. The predicted molar refractivity (Wildman–Crippen MR) is 61.4 cm³/mol. The first-order chi connectivity index (χ1) is 8.31. The molecule has 0 bridgehead atoms. The molecule has 0 aromatic carbocycles. The van der Waals surface area contributed by atoms with Crippen molar-refractivity contribution in [1.82, 2.24) is 10.5 Å². The van der Waals surface area contributed by atoms with Gasteiger partial charge in [-0.15, -0.1) is 6.58 Å². The van der Waals surface area contributed by atoms with Crippen LogP contribution in [0.3, 0.4) is 0 Å². The van der Waals surface area contributed by atoms with Crippen molar-refractivity contribution in [3.8, 4) is 11.5 Å². The molecule has 0 aliphatic carbocycles. The molecular weight excluding hydrogens is 220 g/mol. The molecule has 0 saturated heterocycles. The van der Waals surface area contributed by atoms with Crippen molar-refractivity contribution < 1.29 is 13.7 Å². The first-order valence-electron chi connectivity index (χ1n) is 5.21. The lowest BCUT2D eigenvalue weighted by Gasteiger charge is -1.97. The summed E-state index contributed by atoms with van der Waals surface area (Å²) < 4.78 is 10.1. The Hall–Kier alpha value is -2.30. The zero-order valence-electron chi connectivity index (χ0n) is 9.18. The van der Waals surface area contributed by atoms with Crippen LogP contribution >= 0.6 is 0 Å². The summed E-state index contributed by atoms with van der Waals surface area (Å²) in [4.78, 5) is 11.6. The molecule has 2 aromatic heterocycles. The summed E-state index contributed by atoms with van der Waals surface area (Å²) in [7, 11) is 0. The van der Waals surface area contributed by atoms with Crippen LogP contribution in [-0.2, 0) is 0 Å². The van der Waals surface area contributed by atoms with Crippen LogP contribution in [0.15, 0.2) is 46.1 Å². The number of carbonyl (C=O) groups excluding carboxylic acids is 1. The van der Waals surface area contributed by atoms with E-state index in [4.69, 9.17) is 8.94 Å². The average molecular weight is 232 g/mol. The van der Waals surface area contributed by atoms with Gasteiger partial charge in [0.05, 0.1) is 6.26 Å². The maximum absolute atomic E-state index is 11.6. The second-order valence-electron chi connectivity index (χ2n) is 3.39. The van der Waals surface area contributed by atoms with Crippen LogP contribution in [0.4, 0.5) is 0 Å². The molecule has 1 N–H and O–H groups in total. The van der Waals surface area contributed by atoms with Crippen molar-refractivity contribution in [1.29, 1.82) is 0 Å². The number of nitrogens with zero attached hydrogens (tertiary/aromatic N) is 1. The lowest BCUT2D eigenvalue weighted by molar-refractivity contribution is 0.0945. The van der Waals surface area contributed by atoms with Gasteiger partial charge in [-0.1, -0.05) is 11.2 Å². The molecule has 0 atom stereocenters. The van der Waals surface area contributed by atoms with E-state index in [1.165, 1.54) is 6.26 Å². The third-order valence-corrected chi connectivity index (χ3v) is 2.14. The molecule has 1 amide bonds. The fourth-order valence-corrected chi connectivity index (χ4v) is 1.30. The highest BCUT2D eigenvalue weighted by atomic mass is 16.5. The van der Waals surface area contributed by atoms with Gasteiger partial charge in [-0.25, -0.2) is 0 Å². The number of hydrogen-bond donors (Lipinski definition) is 1. The number of hydrogen-bond acceptors (Lipinski definition) is 4. The van der Waals surface area contributed by atoms with Crippen LogP contribution in [-0.4, -0.2) is 17.6 Å². The zero-order chi connectivity index (χ0) is 12.1. The Labute approximate surface area is 98.1 Å². The van der Waals surface area contributed by atoms with E-state index in [2.05, 4.69) is 17.1 Å². The number of aromatic nitrogens is 1. The molecule has 17 heavy (non-hydrogen) atoms. The molecule has 0 aliphatic heterocycles. The number of rotatable bonds is 5. The van der Waals surface area contributed by atoms with Crippen molar-refractivity contribution in [3.05, 3.63) is 42.8 Å². The largest absolute Gasteiger partial charge is 0.461 e. The van der Waals surface area contributed by atoms with Crippen molar-refractivity contribution in [2.75, 3.05) is 6.54 Å². The van der Waals surface area contributed by atoms with Crippen LogP contribution in [0.5, 0.6) is 0 Å². The second-order valence-corrected chi connectivity index (χ2v) is 3.39.